The molecule has 0 aliphatic carbocycles. The number of aromatic nitrogens is 2. The van der Waals surface area contributed by atoms with Gasteiger partial charge in [0.15, 0.2) is 0 Å². The molecule has 0 fully saturated rings. The van der Waals surface area contributed by atoms with Gasteiger partial charge < -0.3 is 10.1 Å². The average molecular weight is 282 g/mol. The number of imidazole rings is 1. The van der Waals surface area contributed by atoms with Gasteiger partial charge >= 0.3 is 0 Å². The van der Waals surface area contributed by atoms with Crippen molar-refractivity contribution in [3.05, 3.63) is 29.0 Å². The highest BCUT2D eigenvalue weighted by Crippen LogP contribution is 2.25. The third-order valence-corrected chi connectivity index (χ3v) is 3.63. The number of rotatable bonds is 6. The Kier molecular flexibility index (Phi) is 4.80. The Hall–Kier alpha value is -1.10. The van der Waals surface area contributed by atoms with Crippen LogP contribution in [0.2, 0.25) is 5.02 Å². The van der Waals surface area contributed by atoms with E-state index in [0.29, 0.717) is 11.6 Å². The predicted molar refractivity (Wildman–Crippen MR) is 78.5 cm³/mol. The summed E-state index contributed by atoms with van der Waals surface area (Å²) in [6.45, 7) is 5.93. The van der Waals surface area contributed by atoms with E-state index < -0.39 is 0 Å². The minimum Gasteiger partial charge on any atom is -0.395 e. The third-order valence-electron chi connectivity index (χ3n) is 3.40. The van der Waals surface area contributed by atoms with Gasteiger partial charge in [-0.25, -0.2) is 4.98 Å². The van der Waals surface area contributed by atoms with Crippen LogP contribution in [0.4, 0.5) is 0 Å². The van der Waals surface area contributed by atoms with Gasteiger partial charge in [-0.1, -0.05) is 25.4 Å². The van der Waals surface area contributed by atoms with Crippen LogP contribution in [0.25, 0.3) is 11.0 Å². The van der Waals surface area contributed by atoms with Gasteiger partial charge in [-0.2, -0.15) is 0 Å². The monoisotopic (exact) mass is 281 g/mol. The Morgan fingerprint density at radius 2 is 2.21 bits per heavy atom. The Labute approximate surface area is 118 Å². The van der Waals surface area contributed by atoms with E-state index in [1.807, 2.05) is 18.2 Å². The lowest BCUT2D eigenvalue weighted by Crippen LogP contribution is -2.31. The van der Waals surface area contributed by atoms with E-state index in [-0.39, 0.29) is 12.6 Å². The maximum absolute atomic E-state index is 9.15. The fraction of sp³-hybridized carbons (Fsp3) is 0.500. The summed E-state index contributed by atoms with van der Waals surface area (Å²) in [5, 5.41) is 9.85. The summed E-state index contributed by atoms with van der Waals surface area (Å²) in [4.78, 5) is 10.2. The molecule has 2 aromatic rings. The highest BCUT2D eigenvalue weighted by molar-refractivity contribution is 6.31. The molecule has 19 heavy (non-hydrogen) atoms. The molecule has 0 bridgehead atoms. The second kappa shape index (κ2) is 6.37. The first-order valence-electron chi connectivity index (χ1n) is 6.69. The molecular weight excluding hydrogens is 262 g/mol. The van der Waals surface area contributed by atoms with E-state index in [4.69, 9.17) is 16.7 Å². The van der Waals surface area contributed by atoms with E-state index in [0.717, 1.165) is 29.8 Å². The number of nitrogens with zero attached hydrogens (tertiary/aromatic N) is 2. The molecule has 5 heteroatoms. The van der Waals surface area contributed by atoms with Gasteiger partial charge in [-0.05, 0) is 31.2 Å². The number of fused-ring (bicyclic) bond motifs is 1. The van der Waals surface area contributed by atoms with Gasteiger partial charge in [0.25, 0.3) is 0 Å². The number of H-pyrrole nitrogens is 1. The maximum Gasteiger partial charge on any atom is 0.124 e. The number of aromatic amines is 1. The van der Waals surface area contributed by atoms with Gasteiger partial charge in [0.2, 0.25) is 0 Å². The quantitative estimate of drug-likeness (QED) is 0.856. The van der Waals surface area contributed by atoms with Crippen LogP contribution in [0.5, 0.6) is 0 Å². The van der Waals surface area contributed by atoms with Crippen LogP contribution < -0.4 is 0 Å². The van der Waals surface area contributed by atoms with E-state index in [1.165, 1.54) is 0 Å². The van der Waals surface area contributed by atoms with Crippen LogP contribution in [0.1, 0.15) is 32.1 Å². The van der Waals surface area contributed by atoms with Crippen molar-refractivity contribution >= 4 is 22.6 Å². The lowest BCUT2D eigenvalue weighted by Gasteiger charge is -2.27. The van der Waals surface area contributed by atoms with Crippen molar-refractivity contribution in [2.75, 3.05) is 19.7 Å². The Bertz CT molecular complexity index is 540. The van der Waals surface area contributed by atoms with Gasteiger partial charge in [0, 0.05) is 11.6 Å². The number of nitrogens with one attached hydrogen (secondary N) is 1. The smallest absolute Gasteiger partial charge is 0.124 e. The fourth-order valence-corrected chi connectivity index (χ4v) is 2.62. The summed E-state index contributed by atoms with van der Waals surface area (Å²) in [6.07, 6.45) is 0.946. The number of aliphatic hydroxyl groups is 1. The van der Waals surface area contributed by atoms with E-state index >= 15 is 0 Å². The molecule has 0 radical (unpaired) electrons. The highest BCUT2D eigenvalue weighted by atomic mass is 35.5. The molecule has 0 aliphatic heterocycles. The van der Waals surface area contributed by atoms with Crippen molar-refractivity contribution in [3.63, 3.8) is 0 Å². The summed E-state index contributed by atoms with van der Waals surface area (Å²) >= 11 is 5.99. The van der Waals surface area contributed by atoms with E-state index in [9.17, 15) is 0 Å². The Balaban J connectivity index is 2.34. The van der Waals surface area contributed by atoms with Gasteiger partial charge in [0.05, 0.1) is 23.7 Å². The third kappa shape index (κ3) is 3.08. The molecule has 1 heterocycles. The SMILES string of the molecule is CCC(c1nc2ccc(Cl)cc2[nH]1)N(CC)CCO. The van der Waals surface area contributed by atoms with Crippen molar-refractivity contribution in [2.24, 2.45) is 0 Å². The van der Waals surface area contributed by atoms with Crippen LogP contribution >= 0.6 is 11.6 Å². The number of hydrogen-bond acceptors (Lipinski definition) is 3. The Morgan fingerprint density at radius 1 is 1.42 bits per heavy atom. The molecule has 1 aromatic heterocycles. The molecular formula is C14H20ClN3O. The lowest BCUT2D eigenvalue weighted by atomic mass is 10.2. The van der Waals surface area contributed by atoms with Gasteiger partial charge in [0.1, 0.15) is 5.82 Å². The minimum absolute atomic E-state index is 0.163. The number of likely N-dealkylation sites (N-methyl/N-ethyl adjacent to an activating group) is 1. The fourth-order valence-electron chi connectivity index (χ4n) is 2.45. The minimum atomic E-state index is 0.163. The largest absolute Gasteiger partial charge is 0.395 e. The first-order chi connectivity index (χ1) is 9.19. The molecule has 0 aliphatic rings. The molecule has 0 amide bonds. The highest BCUT2D eigenvalue weighted by Gasteiger charge is 2.20. The normalized spacial score (nSPS) is 13.3. The van der Waals surface area contributed by atoms with Crippen LogP contribution in [0.15, 0.2) is 18.2 Å². The lowest BCUT2D eigenvalue weighted by molar-refractivity contribution is 0.149. The van der Waals surface area contributed by atoms with Crippen LogP contribution in [-0.4, -0.2) is 39.7 Å². The van der Waals surface area contributed by atoms with Crippen LogP contribution in [0, 0.1) is 0 Å². The van der Waals surface area contributed by atoms with Crippen LogP contribution in [0.3, 0.4) is 0 Å². The first kappa shape index (κ1) is 14.3. The van der Waals surface area contributed by atoms with Crippen molar-refractivity contribution in [1.29, 1.82) is 0 Å². The van der Waals surface area contributed by atoms with Crippen molar-refractivity contribution in [3.8, 4) is 0 Å². The second-order valence-corrected chi connectivity index (χ2v) is 5.00. The van der Waals surface area contributed by atoms with Crippen molar-refractivity contribution in [2.45, 2.75) is 26.3 Å². The van der Waals surface area contributed by atoms with Crippen molar-refractivity contribution < 1.29 is 5.11 Å². The van der Waals surface area contributed by atoms with Crippen molar-refractivity contribution in [1.82, 2.24) is 14.9 Å². The summed E-state index contributed by atoms with van der Waals surface area (Å²) in [7, 11) is 0. The molecule has 1 aromatic carbocycles. The molecule has 0 saturated heterocycles. The standard InChI is InChI=1S/C14H20ClN3O/c1-3-13(18(4-2)7-8-19)14-16-11-6-5-10(15)9-12(11)17-14/h5-6,9,13,19H,3-4,7-8H2,1-2H3,(H,16,17). The molecule has 1 unspecified atom stereocenters. The number of hydrogen-bond donors (Lipinski definition) is 2. The Morgan fingerprint density at radius 3 is 2.84 bits per heavy atom. The molecule has 0 saturated carbocycles. The predicted octanol–water partition coefficient (Wildman–Crippen LogP) is 2.98. The number of aliphatic hydroxyl groups excluding tert-OH is 1. The summed E-state index contributed by atoms with van der Waals surface area (Å²) in [6, 6.07) is 5.86. The molecule has 4 nitrogen and oxygen atoms in total. The number of halogens is 1. The van der Waals surface area contributed by atoms with E-state index in [2.05, 4.69) is 28.7 Å². The zero-order valence-corrected chi connectivity index (χ0v) is 12.1. The summed E-state index contributed by atoms with van der Waals surface area (Å²) in [5.41, 5.74) is 1.89. The van der Waals surface area contributed by atoms with Gasteiger partial charge in [-0.15, -0.1) is 0 Å². The molecule has 2 rings (SSSR count). The molecule has 104 valence electrons. The summed E-state index contributed by atoms with van der Waals surface area (Å²) in [5.74, 6) is 0.940. The van der Waals surface area contributed by atoms with Gasteiger partial charge in [-0.3, -0.25) is 4.90 Å². The molecule has 0 spiro atoms. The second-order valence-electron chi connectivity index (χ2n) is 4.56. The first-order valence-corrected chi connectivity index (χ1v) is 7.07. The average Bonchev–Trinajstić information content (AvgIpc) is 2.81. The molecule has 1 atom stereocenters. The summed E-state index contributed by atoms with van der Waals surface area (Å²) < 4.78 is 0. The maximum atomic E-state index is 9.15. The van der Waals surface area contributed by atoms with E-state index in [1.54, 1.807) is 0 Å². The zero-order valence-electron chi connectivity index (χ0n) is 11.4. The molecule has 2 N–H and O–H groups in total. The van der Waals surface area contributed by atoms with Crippen LogP contribution in [-0.2, 0) is 0 Å². The zero-order chi connectivity index (χ0) is 13.8. The topological polar surface area (TPSA) is 52.2 Å². The number of benzene rings is 1.